The Balaban J connectivity index is 1.32. The third kappa shape index (κ3) is 4.90. The van der Waals surface area contributed by atoms with E-state index in [0.29, 0.717) is 32.7 Å². The number of nitrogens with one attached hydrogen (secondary N) is 1. The van der Waals surface area contributed by atoms with Gasteiger partial charge < -0.3 is 15.1 Å². The smallest absolute Gasteiger partial charge is 0.328 e. The zero-order chi connectivity index (χ0) is 22.8. The van der Waals surface area contributed by atoms with Crippen molar-refractivity contribution in [3.63, 3.8) is 0 Å². The maximum absolute atomic E-state index is 12.9. The van der Waals surface area contributed by atoms with Gasteiger partial charge in [-0.1, -0.05) is 23.7 Å². The summed E-state index contributed by atoms with van der Waals surface area (Å²) in [6.07, 6.45) is 0. The minimum Gasteiger partial charge on any atom is -0.378 e. The first-order chi connectivity index (χ1) is 15.3. The Hall–Kier alpha value is -2.62. The fourth-order valence-corrected chi connectivity index (χ4v) is 5.13. The Morgan fingerprint density at radius 3 is 2.75 bits per heavy atom. The van der Waals surface area contributed by atoms with Crippen molar-refractivity contribution in [2.75, 3.05) is 45.2 Å². The second-order valence-corrected chi connectivity index (χ2v) is 10.00. The van der Waals surface area contributed by atoms with Gasteiger partial charge in [0, 0.05) is 57.4 Å². The van der Waals surface area contributed by atoms with E-state index in [0.717, 1.165) is 25.4 Å². The number of imide groups is 1. The molecule has 2 aromatic rings. The lowest BCUT2D eigenvalue weighted by molar-refractivity contribution is -0.133. The molecule has 1 aromatic heterocycles. The van der Waals surface area contributed by atoms with Crippen molar-refractivity contribution < 1.29 is 14.4 Å². The van der Waals surface area contributed by atoms with E-state index >= 15 is 0 Å². The van der Waals surface area contributed by atoms with Crippen LogP contribution >= 0.6 is 22.9 Å². The SMILES string of the molecule is CN(C)c1cccc(CNC(=O)CN2C(=O)C3CN(Cc4ccc(Cl)s4)CCN3C2=O)c1. The van der Waals surface area contributed by atoms with Crippen LogP contribution in [0.5, 0.6) is 0 Å². The van der Waals surface area contributed by atoms with Crippen LogP contribution in [-0.4, -0.2) is 78.9 Å². The first-order valence-corrected chi connectivity index (χ1v) is 11.6. The fraction of sp³-hybridized carbons (Fsp3) is 0.409. The van der Waals surface area contributed by atoms with E-state index < -0.39 is 6.04 Å². The van der Waals surface area contributed by atoms with Gasteiger partial charge in [0.25, 0.3) is 5.91 Å². The standard InChI is InChI=1S/C22H26ClN5O3S/c1-25(2)16-5-3-4-15(10-16)11-24-20(29)14-28-21(30)18-13-26(8-9-27(18)22(28)31)12-17-6-7-19(23)32-17/h3-7,10,18H,8-9,11-14H2,1-2H3,(H,24,29). The molecule has 1 unspecified atom stereocenters. The summed E-state index contributed by atoms with van der Waals surface area (Å²) in [5.74, 6) is -0.666. The lowest BCUT2D eigenvalue weighted by atomic mass is 10.2. The Kier molecular flexibility index (Phi) is 6.68. The Morgan fingerprint density at radius 1 is 1.22 bits per heavy atom. The Bertz CT molecular complexity index is 1030. The normalized spacial score (nSPS) is 18.8. The van der Waals surface area contributed by atoms with E-state index in [1.165, 1.54) is 11.3 Å². The van der Waals surface area contributed by atoms with Gasteiger partial charge in [-0.25, -0.2) is 4.79 Å². The molecule has 2 saturated heterocycles. The van der Waals surface area contributed by atoms with Crippen LogP contribution < -0.4 is 10.2 Å². The van der Waals surface area contributed by atoms with Gasteiger partial charge in [0.2, 0.25) is 5.91 Å². The van der Waals surface area contributed by atoms with Gasteiger partial charge in [0.05, 0.1) is 4.34 Å². The van der Waals surface area contributed by atoms with Crippen LogP contribution in [0, 0.1) is 0 Å². The minimum atomic E-state index is -0.545. The van der Waals surface area contributed by atoms with E-state index in [1.807, 2.05) is 55.4 Å². The number of hydrogen-bond acceptors (Lipinski definition) is 6. The molecule has 2 fully saturated rings. The number of urea groups is 1. The summed E-state index contributed by atoms with van der Waals surface area (Å²) < 4.78 is 0.733. The summed E-state index contributed by atoms with van der Waals surface area (Å²) in [7, 11) is 3.90. The van der Waals surface area contributed by atoms with Gasteiger partial charge in [-0.15, -0.1) is 11.3 Å². The van der Waals surface area contributed by atoms with Crippen molar-refractivity contribution in [2.24, 2.45) is 0 Å². The molecule has 1 N–H and O–H groups in total. The summed E-state index contributed by atoms with van der Waals surface area (Å²) in [5, 5.41) is 2.81. The van der Waals surface area contributed by atoms with E-state index in [2.05, 4.69) is 10.2 Å². The number of carbonyl (C=O) groups is 3. The largest absolute Gasteiger partial charge is 0.378 e. The third-order valence-corrected chi connectivity index (χ3v) is 6.93. The molecule has 10 heteroatoms. The summed E-state index contributed by atoms with van der Waals surface area (Å²) >= 11 is 7.52. The third-order valence-electron chi connectivity index (χ3n) is 5.72. The first-order valence-electron chi connectivity index (χ1n) is 10.4. The molecule has 170 valence electrons. The van der Waals surface area contributed by atoms with E-state index in [4.69, 9.17) is 11.6 Å². The lowest BCUT2D eigenvalue weighted by Gasteiger charge is -2.35. The van der Waals surface area contributed by atoms with Crippen LogP contribution in [0.3, 0.4) is 0 Å². The molecule has 8 nitrogen and oxygen atoms in total. The number of carbonyl (C=O) groups excluding carboxylic acids is 3. The zero-order valence-electron chi connectivity index (χ0n) is 18.1. The molecule has 32 heavy (non-hydrogen) atoms. The summed E-state index contributed by atoms with van der Waals surface area (Å²) in [6, 6.07) is 10.7. The fourth-order valence-electron chi connectivity index (χ4n) is 4.00. The van der Waals surface area contributed by atoms with E-state index in [9.17, 15) is 14.4 Å². The summed E-state index contributed by atoms with van der Waals surface area (Å²) in [4.78, 5) is 46.1. The van der Waals surface area contributed by atoms with Crippen molar-refractivity contribution in [2.45, 2.75) is 19.1 Å². The highest BCUT2D eigenvalue weighted by Crippen LogP contribution is 2.26. The molecular formula is C22H26ClN5O3S. The first kappa shape index (κ1) is 22.6. The Labute approximate surface area is 196 Å². The van der Waals surface area contributed by atoms with Gasteiger partial charge in [-0.05, 0) is 29.8 Å². The molecule has 2 aliphatic heterocycles. The van der Waals surface area contributed by atoms with E-state index in [1.54, 1.807) is 4.90 Å². The molecule has 2 aliphatic rings. The molecule has 1 atom stereocenters. The number of rotatable bonds is 7. The number of nitrogens with zero attached hydrogens (tertiary/aromatic N) is 4. The van der Waals surface area contributed by atoms with Gasteiger partial charge in [-0.3, -0.25) is 19.4 Å². The Morgan fingerprint density at radius 2 is 2.03 bits per heavy atom. The van der Waals surface area contributed by atoms with Crippen molar-refractivity contribution in [3.05, 3.63) is 51.2 Å². The van der Waals surface area contributed by atoms with Gasteiger partial charge >= 0.3 is 6.03 Å². The average molecular weight is 476 g/mol. The van der Waals surface area contributed by atoms with Crippen LogP contribution in [0.1, 0.15) is 10.4 Å². The number of fused-ring (bicyclic) bond motifs is 1. The van der Waals surface area contributed by atoms with Gasteiger partial charge in [-0.2, -0.15) is 0 Å². The molecule has 4 amide bonds. The lowest BCUT2D eigenvalue weighted by Crippen LogP contribution is -2.52. The monoisotopic (exact) mass is 475 g/mol. The van der Waals surface area contributed by atoms with Crippen molar-refractivity contribution in [3.8, 4) is 0 Å². The van der Waals surface area contributed by atoms with E-state index in [-0.39, 0.29) is 24.4 Å². The van der Waals surface area contributed by atoms with Crippen molar-refractivity contribution in [1.82, 2.24) is 20.0 Å². The zero-order valence-corrected chi connectivity index (χ0v) is 19.7. The van der Waals surface area contributed by atoms with Gasteiger partial charge in [0.15, 0.2) is 0 Å². The average Bonchev–Trinajstić information content (AvgIpc) is 3.28. The van der Waals surface area contributed by atoms with Gasteiger partial charge in [0.1, 0.15) is 12.6 Å². The number of piperazine rings is 1. The predicted molar refractivity (Wildman–Crippen MR) is 125 cm³/mol. The number of anilines is 1. The topological polar surface area (TPSA) is 76.2 Å². The van der Waals surface area contributed by atoms with Crippen LogP contribution in [0.15, 0.2) is 36.4 Å². The molecule has 4 rings (SSSR count). The molecule has 0 spiro atoms. The summed E-state index contributed by atoms with van der Waals surface area (Å²) in [6.45, 7) is 2.35. The molecule has 1 aromatic carbocycles. The van der Waals surface area contributed by atoms with Crippen molar-refractivity contribution in [1.29, 1.82) is 0 Å². The molecule has 0 aliphatic carbocycles. The predicted octanol–water partition coefficient (Wildman–Crippen LogP) is 2.23. The van der Waals surface area contributed by atoms with Crippen LogP contribution in [0.25, 0.3) is 0 Å². The highest BCUT2D eigenvalue weighted by Gasteiger charge is 2.48. The number of thiophene rings is 1. The second-order valence-electron chi connectivity index (χ2n) is 8.20. The molecular weight excluding hydrogens is 450 g/mol. The quantitative estimate of drug-likeness (QED) is 0.621. The highest BCUT2D eigenvalue weighted by molar-refractivity contribution is 7.16. The summed E-state index contributed by atoms with van der Waals surface area (Å²) in [5.41, 5.74) is 1.98. The second kappa shape index (κ2) is 9.48. The molecule has 0 bridgehead atoms. The van der Waals surface area contributed by atoms with Crippen LogP contribution in [0.2, 0.25) is 4.34 Å². The number of hydrogen-bond donors (Lipinski definition) is 1. The highest BCUT2D eigenvalue weighted by atomic mass is 35.5. The number of amides is 4. The molecule has 0 radical (unpaired) electrons. The number of benzene rings is 1. The minimum absolute atomic E-state index is 0.265. The van der Waals surface area contributed by atoms with Crippen LogP contribution in [0.4, 0.5) is 10.5 Å². The van der Waals surface area contributed by atoms with Crippen LogP contribution in [-0.2, 0) is 22.7 Å². The maximum atomic E-state index is 12.9. The van der Waals surface area contributed by atoms with Crippen molar-refractivity contribution >= 4 is 46.5 Å². The molecule has 3 heterocycles. The number of halogens is 1. The maximum Gasteiger partial charge on any atom is 0.328 e. The molecule has 0 saturated carbocycles.